The van der Waals surface area contributed by atoms with Crippen LogP contribution in [0.15, 0.2) is 24.5 Å². The van der Waals surface area contributed by atoms with Gasteiger partial charge in [0, 0.05) is 25.4 Å². The summed E-state index contributed by atoms with van der Waals surface area (Å²) in [4.78, 5) is 17.0. The SMILES string of the molecule is Cc1ccn2cc(C(=O)N[C@H](C)c3nnc4n3CCCCC4)nc2c1. The van der Waals surface area contributed by atoms with E-state index in [1.807, 2.05) is 36.6 Å². The van der Waals surface area contributed by atoms with Gasteiger partial charge in [-0.2, -0.15) is 0 Å². The lowest BCUT2D eigenvalue weighted by Gasteiger charge is -2.14. The summed E-state index contributed by atoms with van der Waals surface area (Å²) in [7, 11) is 0. The van der Waals surface area contributed by atoms with E-state index in [-0.39, 0.29) is 11.9 Å². The smallest absolute Gasteiger partial charge is 0.272 e. The number of carbonyl (C=O) groups is 1. The third kappa shape index (κ3) is 3.01. The second-order valence-electron chi connectivity index (χ2n) is 6.73. The number of rotatable bonds is 3. The van der Waals surface area contributed by atoms with E-state index in [4.69, 9.17) is 0 Å². The van der Waals surface area contributed by atoms with Gasteiger partial charge in [0.25, 0.3) is 5.91 Å². The van der Waals surface area contributed by atoms with E-state index >= 15 is 0 Å². The minimum atomic E-state index is -0.210. The van der Waals surface area contributed by atoms with Crippen LogP contribution in [0.4, 0.5) is 0 Å². The number of nitrogens with zero attached hydrogens (tertiary/aromatic N) is 5. The number of hydrogen-bond acceptors (Lipinski definition) is 4. The van der Waals surface area contributed by atoms with Gasteiger partial charge in [0.2, 0.25) is 0 Å². The summed E-state index contributed by atoms with van der Waals surface area (Å²) in [6, 6.07) is 3.74. The first kappa shape index (κ1) is 15.8. The molecule has 25 heavy (non-hydrogen) atoms. The fourth-order valence-corrected chi connectivity index (χ4v) is 3.36. The molecule has 0 aliphatic carbocycles. The molecule has 0 saturated heterocycles. The lowest BCUT2D eigenvalue weighted by atomic mass is 10.2. The van der Waals surface area contributed by atoms with Crippen LogP contribution in [0.25, 0.3) is 5.65 Å². The van der Waals surface area contributed by atoms with E-state index in [0.29, 0.717) is 5.69 Å². The zero-order chi connectivity index (χ0) is 17.4. The van der Waals surface area contributed by atoms with Gasteiger partial charge in [-0.25, -0.2) is 4.98 Å². The zero-order valence-electron chi connectivity index (χ0n) is 14.6. The molecular formula is C18H22N6O. The summed E-state index contributed by atoms with van der Waals surface area (Å²) in [5.41, 5.74) is 2.30. The van der Waals surface area contributed by atoms with Gasteiger partial charge < -0.3 is 14.3 Å². The molecule has 0 bridgehead atoms. The van der Waals surface area contributed by atoms with Crippen LogP contribution in [0.5, 0.6) is 0 Å². The predicted octanol–water partition coefficient (Wildman–Crippen LogP) is 2.45. The van der Waals surface area contributed by atoms with Crippen LogP contribution in [-0.4, -0.2) is 30.1 Å². The average molecular weight is 338 g/mol. The van der Waals surface area contributed by atoms with Gasteiger partial charge in [-0.3, -0.25) is 4.79 Å². The summed E-state index contributed by atoms with van der Waals surface area (Å²) >= 11 is 0. The molecule has 1 N–H and O–H groups in total. The summed E-state index contributed by atoms with van der Waals surface area (Å²) in [5, 5.41) is 11.6. The number of amides is 1. The molecule has 7 heteroatoms. The lowest BCUT2D eigenvalue weighted by Crippen LogP contribution is -2.29. The molecule has 0 aromatic carbocycles. The Labute approximate surface area is 146 Å². The zero-order valence-corrected chi connectivity index (χ0v) is 14.6. The van der Waals surface area contributed by atoms with Crippen LogP contribution >= 0.6 is 0 Å². The normalized spacial score (nSPS) is 15.6. The molecule has 0 fully saturated rings. The Balaban J connectivity index is 1.54. The second-order valence-corrected chi connectivity index (χ2v) is 6.73. The number of aromatic nitrogens is 5. The predicted molar refractivity (Wildman–Crippen MR) is 93.4 cm³/mol. The van der Waals surface area contributed by atoms with Gasteiger partial charge in [0.15, 0.2) is 5.82 Å². The molecule has 1 aliphatic rings. The standard InChI is InChI=1S/C18H22N6O/c1-12-7-9-23-11-14(20-16(23)10-12)18(25)19-13(2)17-22-21-15-6-4-3-5-8-24(15)17/h7,9-11,13H,3-6,8H2,1-2H3,(H,19,25)/t13-/m1/s1. The van der Waals surface area contributed by atoms with Gasteiger partial charge in [0.05, 0.1) is 6.04 Å². The maximum absolute atomic E-state index is 12.6. The van der Waals surface area contributed by atoms with E-state index in [9.17, 15) is 4.79 Å². The maximum atomic E-state index is 12.6. The Kier molecular flexibility index (Phi) is 3.99. The Morgan fingerprint density at radius 1 is 1.28 bits per heavy atom. The van der Waals surface area contributed by atoms with Crippen LogP contribution < -0.4 is 5.32 Å². The fraction of sp³-hybridized carbons (Fsp3) is 0.444. The number of aryl methyl sites for hydroxylation is 2. The van der Waals surface area contributed by atoms with Crippen molar-refractivity contribution in [1.82, 2.24) is 29.5 Å². The maximum Gasteiger partial charge on any atom is 0.272 e. The Bertz CT molecular complexity index is 925. The summed E-state index contributed by atoms with van der Waals surface area (Å²) in [6.07, 6.45) is 8.12. The third-order valence-corrected chi connectivity index (χ3v) is 4.72. The molecule has 0 radical (unpaired) electrons. The van der Waals surface area contributed by atoms with Crippen LogP contribution in [0, 0.1) is 6.92 Å². The summed E-state index contributed by atoms with van der Waals surface area (Å²) in [5.74, 6) is 1.65. The quantitative estimate of drug-likeness (QED) is 0.796. The monoisotopic (exact) mass is 338 g/mol. The van der Waals surface area contributed by atoms with Crippen LogP contribution in [0.2, 0.25) is 0 Å². The number of pyridine rings is 1. The number of fused-ring (bicyclic) bond motifs is 2. The molecule has 0 unspecified atom stereocenters. The topological polar surface area (TPSA) is 77.1 Å². The van der Waals surface area contributed by atoms with E-state index in [0.717, 1.165) is 48.7 Å². The van der Waals surface area contributed by atoms with Gasteiger partial charge in [-0.05, 0) is 44.4 Å². The highest BCUT2D eigenvalue weighted by molar-refractivity contribution is 5.93. The minimum Gasteiger partial charge on any atom is -0.341 e. The fourth-order valence-electron chi connectivity index (χ4n) is 3.36. The lowest BCUT2D eigenvalue weighted by molar-refractivity contribution is 0.0933. The Morgan fingerprint density at radius 3 is 3.04 bits per heavy atom. The Morgan fingerprint density at radius 2 is 2.16 bits per heavy atom. The molecular weight excluding hydrogens is 316 g/mol. The molecule has 3 aromatic rings. The number of nitrogens with one attached hydrogen (secondary N) is 1. The summed E-state index contributed by atoms with van der Waals surface area (Å²) < 4.78 is 4.01. The highest BCUT2D eigenvalue weighted by Crippen LogP contribution is 2.19. The highest BCUT2D eigenvalue weighted by atomic mass is 16.2. The first-order valence-electron chi connectivity index (χ1n) is 8.80. The highest BCUT2D eigenvalue weighted by Gasteiger charge is 2.22. The molecule has 130 valence electrons. The molecule has 1 amide bonds. The first-order chi connectivity index (χ1) is 12.1. The van der Waals surface area contributed by atoms with Crippen molar-refractivity contribution in [1.29, 1.82) is 0 Å². The molecule has 3 aromatic heterocycles. The third-order valence-electron chi connectivity index (χ3n) is 4.72. The van der Waals surface area contributed by atoms with E-state index in [1.54, 1.807) is 6.20 Å². The number of imidazole rings is 1. The van der Waals surface area contributed by atoms with Crippen LogP contribution in [-0.2, 0) is 13.0 Å². The molecule has 1 atom stereocenters. The van der Waals surface area contributed by atoms with Crippen LogP contribution in [0.1, 0.15) is 59.9 Å². The van der Waals surface area contributed by atoms with Gasteiger partial charge in [0.1, 0.15) is 17.2 Å². The average Bonchev–Trinajstić information content (AvgIpc) is 3.12. The largest absolute Gasteiger partial charge is 0.341 e. The van der Waals surface area contributed by atoms with E-state index < -0.39 is 0 Å². The molecule has 4 rings (SSSR count). The summed E-state index contributed by atoms with van der Waals surface area (Å²) in [6.45, 7) is 4.87. The molecule has 0 spiro atoms. The molecule has 4 heterocycles. The number of carbonyl (C=O) groups excluding carboxylic acids is 1. The van der Waals surface area contributed by atoms with Crippen LogP contribution in [0.3, 0.4) is 0 Å². The minimum absolute atomic E-state index is 0.195. The van der Waals surface area contributed by atoms with Crippen molar-refractivity contribution in [2.24, 2.45) is 0 Å². The van der Waals surface area contributed by atoms with E-state index in [1.165, 1.54) is 6.42 Å². The van der Waals surface area contributed by atoms with Crippen molar-refractivity contribution in [2.45, 2.75) is 52.1 Å². The van der Waals surface area contributed by atoms with Crippen molar-refractivity contribution in [2.75, 3.05) is 0 Å². The number of hydrogen-bond donors (Lipinski definition) is 1. The molecule has 0 saturated carbocycles. The molecule has 7 nitrogen and oxygen atoms in total. The Hall–Kier alpha value is -2.70. The van der Waals surface area contributed by atoms with Crippen molar-refractivity contribution in [3.8, 4) is 0 Å². The van der Waals surface area contributed by atoms with Crippen molar-refractivity contribution in [3.63, 3.8) is 0 Å². The molecule has 1 aliphatic heterocycles. The van der Waals surface area contributed by atoms with Gasteiger partial charge in [-0.15, -0.1) is 10.2 Å². The van der Waals surface area contributed by atoms with Crippen molar-refractivity contribution < 1.29 is 4.79 Å². The van der Waals surface area contributed by atoms with Crippen molar-refractivity contribution >= 4 is 11.6 Å². The van der Waals surface area contributed by atoms with Gasteiger partial charge >= 0.3 is 0 Å². The van der Waals surface area contributed by atoms with E-state index in [2.05, 4.69) is 25.1 Å². The second kappa shape index (κ2) is 6.31. The van der Waals surface area contributed by atoms with Crippen molar-refractivity contribution in [3.05, 3.63) is 47.4 Å². The van der Waals surface area contributed by atoms with Gasteiger partial charge in [-0.1, -0.05) is 6.42 Å². The first-order valence-corrected chi connectivity index (χ1v) is 8.80.